The zero-order chi connectivity index (χ0) is 19.6. The molecule has 2 nitrogen and oxygen atoms in total. The molecule has 1 heterocycles. The van der Waals surface area contributed by atoms with Crippen molar-refractivity contribution in [1.29, 1.82) is 0 Å². The minimum Gasteiger partial charge on any atom is -0.300 e. The SMILES string of the molecule is CCCCCCCCCCCCCCCCC[n+]1ccc(CC(C)=O)cc1. The van der Waals surface area contributed by atoms with E-state index in [2.05, 4.69) is 36.0 Å². The average Bonchev–Trinajstić information content (AvgIpc) is 2.66. The van der Waals surface area contributed by atoms with Gasteiger partial charge in [0.25, 0.3) is 0 Å². The second kappa shape index (κ2) is 17.0. The summed E-state index contributed by atoms with van der Waals surface area (Å²) in [6, 6.07) is 4.15. The highest BCUT2D eigenvalue weighted by molar-refractivity contribution is 5.78. The van der Waals surface area contributed by atoms with E-state index in [9.17, 15) is 4.79 Å². The molecule has 1 rings (SSSR count). The first-order chi connectivity index (χ1) is 13.2. The van der Waals surface area contributed by atoms with Gasteiger partial charge in [0.2, 0.25) is 0 Å². The maximum atomic E-state index is 11.1. The van der Waals surface area contributed by atoms with Gasteiger partial charge in [-0.3, -0.25) is 4.79 Å². The van der Waals surface area contributed by atoms with E-state index in [1.165, 1.54) is 96.3 Å². The number of nitrogens with zero attached hydrogens (tertiary/aromatic N) is 1. The number of rotatable bonds is 18. The van der Waals surface area contributed by atoms with E-state index in [4.69, 9.17) is 0 Å². The summed E-state index contributed by atoms with van der Waals surface area (Å²) in [7, 11) is 0. The number of aromatic nitrogens is 1. The van der Waals surface area contributed by atoms with Gasteiger partial charge in [-0.25, -0.2) is 4.57 Å². The van der Waals surface area contributed by atoms with Gasteiger partial charge in [-0.1, -0.05) is 90.4 Å². The van der Waals surface area contributed by atoms with Crippen molar-refractivity contribution in [3.05, 3.63) is 30.1 Å². The first-order valence-electron chi connectivity index (χ1n) is 11.7. The molecule has 0 amide bonds. The lowest BCUT2D eigenvalue weighted by Gasteiger charge is -2.03. The molecule has 0 bridgehead atoms. The lowest BCUT2D eigenvalue weighted by atomic mass is 10.0. The second-order valence-corrected chi connectivity index (χ2v) is 8.27. The average molecular weight is 375 g/mol. The Hall–Kier alpha value is -1.18. The smallest absolute Gasteiger partial charge is 0.169 e. The first-order valence-corrected chi connectivity index (χ1v) is 11.7. The third-order valence-electron chi connectivity index (χ3n) is 5.43. The van der Waals surface area contributed by atoms with Crippen molar-refractivity contribution >= 4 is 5.78 Å². The van der Waals surface area contributed by atoms with Crippen LogP contribution in [0, 0.1) is 0 Å². The molecule has 2 heteroatoms. The van der Waals surface area contributed by atoms with Crippen LogP contribution in [0.15, 0.2) is 24.5 Å². The summed E-state index contributed by atoms with van der Waals surface area (Å²) in [4.78, 5) is 11.1. The van der Waals surface area contributed by atoms with Crippen LogP contribution >= 0.6 is 0 Å². The van der Waals surface area contributed by atoms with E-state index in [0.29, 0.717) is 6.42 Å². The van der Waals surface area contributed by atoms with E-state index in [1.807, 2.05) is 0 Å². The predicted octanol–water partition coefficient (Wildman–Crippen LogP) is 6.98. The van der Waals surface area contributed by atoms with Crippen LogP contribution in [0.5, 0.6) is 0 Å². The van der Waals surface area contributed by atoms with Crippen molar-refractivity contribution in [2.75, 3.05) is 0 Å². The van der Waals surface area contributed by atoms with Gasteiger partial charge < -0.3 is 0 Å². The van der Waals surface area contributed by atoms with Crippen molar-refractivity contribution in [3.8, 4) is 0 Å². The summed E-state index contributed by atoms with van der Waals surface area (Å²) < 4.78 is 2.24. The molecule has 0 N–H and O–H groups in total. The van der Waals surface area contributed by atoms with Gasteiger partial charge in [0.05, 0.1) is 0 Å². The Morgan fingerprint density at radius 1 is 0.704 bits per heavy atom. The second-order valence-electron chi connectivity index (χ2n) is 8.27. The molecule has 0 aromatic carbocycles. The highest BCUT2D eigenvalue weighted by Crippen LogP contribution is 2.13. The fourth-order valence-corrected chi connectivity index (χ4v) is 3.71. The normalized spacial score (nSPS) is 11.0. The van der Waals surface area contributed by atoms with Crippen LogP contribution in [0.1, 0.15) is 116 Å². The maximum Gasteiger partial charge on any atom is 0.169 e. The third kappa shape index (κ3) is 14.5. The molecule has 0 saturated carbocycles. The molecule has 0 spiro atoms. The molecule has 0 atom stereocenters. The monoisotopic (exact) mass is 374 g/mol. The number of aryl methyl sites for hydroxylation is 1. The quantitative estimate of drug-likeness (QED) is 0.201. The minimum absolute atomic E-state index is 0.232. The van der Waals surface area contributed by atoms with Crippen molar-refractivity contribution in [3.63, 3.8) is 0 Å². The number of Topliss-reactive ketones (excluding diaryl/α,β-unsaturated/α-hetero) is 1. The van der Waals surface area contributed by atoms with Gasteiger partial charge in [0.15, 0.2) is 12.4 Å². The molecule has 0 radical (unpaired) electrons. The topological polar surface area (TPSA) is 20.9 Å². The van der Waals surface area contributed by atoms with Crippen LogP contribution < -0.4 is 4.57 Å². The van der Waals surface area contributed by atoms with Crippen LogP contribution in [0.4, 0.5) is 0 Å². The van der Waals surface area contributed by atoms with E-state index in [-0.39, 0.29) is 5.78 Å². The standard InChI is InChI=1S/C25H44NO/c1-3-4-5-6-7-8-9-10-11-12-13-14-15-16-17-20-26-21-18-25(19-22-26)23-24(2)27/h18-19,21-22H,3-17,20,23H2,1-2H3/q+1. The van der Waals surface area contributed by atoms with E-state index in [0.717, 1.165) is 12.1 Å². The molecule has 0 fully saturated rings. The Morgan fingerprint density at radius 2 is 1.11 bits per heavy atom. The Kier molecular flexibility index (Phi) is 15.0. The largest absolute Gasteiger partial charge is 0.300 e. The van der Waals surface area contributed by atoms with Crippen LogP contribution in [0.25, 0.3) is 0 Å². The molecule has 27 heavy (non-hydrogen) atoms. The van der Waals surface area contributed by atoms with Crippen molar-refractivity contribution in [2.24, 2.45) is 0 Å². The lowest BCUT2D eigenvalue weighted by Crippen LogP contribution is -2.32. The molecule has 0 aliphatic heterocycles. The zero-order valence-electron chi connectivity index (χ0n) is 18.2. The number of carbonyl (C=O) groups is 1. The van der Waals surface area contributed by atoms with E-state index in [1.54, 1.807) is 6.92 Å². The summed E-state index contributed by atoms with van der Waals surface area (Å²) in [5.41, 5.74) is 1.12. The highest BCUT2D eigenvalue weighted by atomic mass is 16.1. The molecule has 0 aliphatic carbocycles. The Morgan fingerprint density at radius 3 is 1.52 bits per heavy atom. The Balaban J connectivity index is 1.84. The Bertz CT molecular complexity index is 466. The maximum absolute atomic E-state index is 11.1. The summed E-state index contributed by atoms with van der Waals surface area (Å²) >= 11 is 0. The van der Waals surface area contributed by atoms with Gasteiger partial charge in [-0.15, -0.1) is 0 Å². The number of carbonyl (C=O) groups excluding carboxylic acids is 1. The molecule has 0 saturated heterocycles. The van der Waals surface area contributed by atoms with Crippen molar-refractivity contribution in [1.82, 2.24) is 0 Å². The molecule has 0 unspecified atom stereocenters. The van der Waals surface area contributed by atoms with E-state index >= 15 is 0 Å². The third-order valence-corrected chi connectivity index (χ3v) is 5.43. The minimum atomic E-state index is 0.232. The van der Waals surface area contributed by atoms with Gasteiger partial charge in [0.1, 0.15) is 12.3 Å². The molecule has 1 aromatic rings. The zero-order valence-corrected chi connectivity index (χ0v) is 18.2. The first kappa shape index (κ1) is 23.9. The van der Waals surface area contributed by atoms with Gasteiger partial charge >= 0.3 is 0 Å². The number of hydrogen-bond acceptors (Lipinski definition) is 1. The van der Waals surface area contributed by atoms with Crippen LogP contribution in [0.2, 0.25) is 0 Å². The molecular formula is C25H44NO+. The summed E-state index contributed by atoms with van der Waals surface area (Å²) in [5.74, 6) is 0.232. The van der Waals surface area contributed by atoms with Crippen molar-refractivity contribution < 1.29 is 9.36 Å². The van der Waals surface area contributed by atoms with Crippen LogP contribution in [-0.2, 0) is 17.8 Å². The van der Waals surface area contributed by atoms with Crippen LogP contribution in [-0.4, -0.2) is 5.78 Å². The highest BCUT2D eigenvalue weighted by Gasteiger charge is 2.03. The number of ketones is 1. The van der Waals surface area contributed by atoms with Gasteiger partial charge in [-0.05, 0) is 18.9 Å². The van der Waals surface area contributed by atoms with Gasteiger partial charge in [-0.2, -0.15) is 0 Å². The van der Waals surface area contributed by atoms with Crippen LogP contribution in [0.3, 0.4) is 0 Å². The van der Waals surface area contributed by atoms with E-state index < -0.39 is 0 Å². The van der Waals surface area contributed by atoms with Crippen molar-refractivity contribution in [2.45, 2.75) is 123 Å². The van der Waals surface area contributed by atoms with Gasteiger partial charge in [0, 0.05) is 25.0 Å². The fraction of sp³-hybridized carbons (Fsp3) is 0.760. The molecular weight excluding hydrogens is 330 g/mol. The lowest BCUT2D eigenvalue weighted by molar-refractivity contribution is -0.697. The molecule has 0 aliphatic rings. The predicted molar refractivity (Wildman–Crippen MR) is 116 cm³/mol. The molecule has 154 valence electrons. The fourth-order valence-electron chi connectivity index (χ4n) is 3.71. The number of unbranched alkanes of at least 4 members (excludes halogenated alkanes) is 14. The number of hydrogen-bond donors (Lipinski definition) is 0. The molecule has 1 aromatic heterocycles. The summed E-state index contributed by atoms with van der Waals surface area (Å²) in [5, 5.41) is 0. The summed E-state index contributed by atoms with van der Waals surface area (Å²) in [6.45, 7) is 5.03. The Labute approximate surface area is 168 Å². The number of pyridine rings is 1. The summed E-state index contributed by atoms with van der Waals surface area (Å²) in [6.07, 6.45) is 25.9.